The molecule has 2 aromatic heterocycles. The molecular formula is C23H17N3O3. The van der Waals surface area contributed by atoms with E-state index in [0.717, 1.165) is 41.5 Å². The molecule has 0 saturated heterocycles. The number of furan rings is 1. The lowest BCUT2D eigenvalue weighted by molar-refractivity contribution is -0.122. The van der Waals surface area contributed by atoms with Crippen molar-refractivity contribution in [3.05, 3.63) is 71.6 Å². The van der Waals surface area contributed by atoms with Crippen LogP contribution in [-0.4, -0.2) is 22.9 Å². The molecule has 0 unspecified atom stereocenters. The number of hydrogen-bond donors (Lipinski definition) is 2. The molecule has 4 heterocycles. The maximum atomic E-state index is 12.9. The lowest BCUT2D eigenvalue weighted by Gasteiger charge is -2.06. The summed E-state index contributed by atoms with van der Waals surface area (Å²) < 4.78 is 7.82. The minimum absolute atomic E-state index is 0.367. The fourth-order valence-corrected chi connectivity index (χ4v) is 4.54. The highest BCUT2D eigenvalue weighted by Crippen LogP contribution is 2.39. The van der Waals surface area contributed by atoms with Crippen molar-refractivity contribution in [1.29, 1.82) is 0 Å². The minimum Gasteiger partial charge on any atom is -0.464 e. The van der Waals surface area contributed by atoms with E-state index in [2.05, 4.69) is 21.3 Å². The summed E-state index contributed by atoms with van der Waals surface area (Å²) in [5, 5.41) is 7.79. The molecule has 6 heteroatoms. The SMILES string of the molecule is O=C1NC(=O)C(c2cccc3ccoc23)=C1c1cn2c3c(cccc13)CNCC2. The summed E-state index contributed by atoms with van der Waals surface area (Å²) in [6.45, 7) is 2.43. The molecule has 2 N–H and O–H groups in total. The van der Waals surface area contributed by atoms with Gasteiger partial charge in [-0.2, -0.15) is 0 Å². The van der Waals surface area contributed by atoms with Gasteiger partial charge in [-0.3, -0.25) is 14.9 Å². The molecule has 142 valence electrons. The van der Waals surface area contributed by atoms with Gasteiger partial charge in [0.2, 0.25) is 0 Å². The first-order valence-electron chi connectivity index (χ1n) is 9.61. The van der Waals surface area contributed by atoms with Crippen LogP contribution in [-0.2, 0) is 22.7 Å². The molecule has 4 aromatic rings. The van der Waals surface area contributed by atoms with Gasteiger partial charge >= 0.3 is 0 Å². The number of imide groups is 1. The molecule has 0 bridgehead atoms. The Kier molecular flexibility index (Phi) is 3.34. The molecule has 6 rings (SSSR count). The molecule has 0 saturated carbocycles. The van der Waals surface area contributed by atoms with Gasteiger partial charge in [-0.25, -0.2) is 0 Å². The highest BCUT2D eigenvalue weighted by atomic mass is 16.3. The molecule has 2 aliphatic heterocycles. The van der Waals surface area contributed by atoms with Crippen LogP contribution in [0.3, 0.4) is 0 Å². The lowest BCUT2D eigenvalue weighted by atomic mass is 9.94. The maximum absolute atomic E-state index is 12.9. The van der Waals surface area contributed by atoms with Crippen LogP contribution in [0.5, 0.6) is 0 Å². The van der Waals surface area contributed by atoms with Crippen LogP contribution in [0.15, 0.2) is 59.3 Å². The number of carbonyl (C=O) groups is 2. The lowest BCUT2D eigenvalue weighted by Crippen LogP contribution is -2.22. The Morgan fingerprint density at radius 2 is 1.76 bits per heavy atom. The van der Waals surface area contributed by atoms with Crippen molar-refractivity contribution in [1.82, 2.24) is 15.2 Å². The quantitative estimate of drug-likeness (QED) is 0.522. The summed E-state index contributed by atoms with van der Waals surface area (Å²) >= 11 is 0. The Morgan fingerprint density at radius 3 is 2.66 bits per heavy atom. The van der Waals surface area contributed by atoms with Gasteiger partial charge in [0.25, 0.3) is 11.8 Å². The Hall–Kier alpha value is -3.64. The van der Waals surface area contributed by atoms with Gasteiger partial charge in [-0.05, 0) is 11.6 Å². The summed E-state index contributed by atoms with van der Waals surface area (Å²) in [5.74, 6) is -0.757. The topological polar surface area (TPSA) is 76.3 Å². The average molecular weight is 383 g/mol. The van der Waals surface area contributed by atoms with Crippen LogP contribution in [0.2, 0.25) is 0 Å². The predicted molar refractivity (Wildman–Crippen MR) is 110 cm³/mol. The molecule has 0 atom stereocenters. The first-order chi connectivity index (χ1) is 14.2. The van der Waals surface area contributed by atoms with Gasteiger partial charge < -0.3 is 14.3 Å². The van der Waals surface area contributed by atoms with Crippen molar-refractivity contribution >= 4 is 44.8 Å². The molecule has 6 nitrogen and oxygen atoms in total. The first-order valence-corrected chi connectivity index (χ1v) is 9.61. The van der Waals surface area contributed by atoms with Crippen molar-refractivity contribution < 1.29 is 14.0 Å². The normalized spacial score (nSPS) is 16.7. The summed E-state index contributed by atoms with van der Waals surface area (Å²) in [6, 6.07) is 13.6. The van der Waals surface area contributed by atoms with E-state index in [1.807, 2.05) is 42.6 Å². The molecule has 0 spiro atoms. The third-order valence-electron chi connectivity index (χ3n) is 5.78. The smallest absolute Gasteiger partial charge is 0.259 e. The van der Waals surface area contributed by atoms with Crippen molar-refractivity contribution in [2.75, 3.05) is 6.54 Å². The van der Waals surface area contributed by atoms with Gasteiger partial charge in [0.15, 0.2) is 0 Å². The number of nitrogens with zero attached hydrogens (tertiary/aromatic N) is 1. The molecule has 0 fully saturated rings. The fourth-order valence-electron chi connectivity index (χ4n) is 4.54. The summed E-state index contributed by atoms with van der Waals surface area (Å²) in [5.41, 5.74) is 5.11. The number of amides is 2. The predicted octanol–water partition coefficient (Wildman–Crippen LogP) is 3.06. The summed E-state index contributed by atoms with van der Waals surface area (Å²) in [6.07, 6.45) is 3.59. The van der Waals surface area contributed by atoms with Crippen LogP contribution < -0.4 is 10.6 Å². The zero-order chi connectivity index (χ0) is 19.5. The van der Waals surface area contributed by atoms with E-state index in [1.54, 1.807) is 6.26 Å². The monoisotopic (exact) mass is 383 g/mol. The minimum atomic E-state index is -0.389. The van der Waals surface area contributed by atoms with Crippen molar-refractivity contribution in [3.63, 3.8) is 0 Å². The van der Waals surface area contributed by atoms with Gasteiger partial charge in [-0.15, -0.1) is 0 Å². The number of carbonyl (C=O) groups excluding carboxylic acids is 2. The van der Waals surface area contributed by atoms with Crippen LogP contribution >= 0.6 is 0 Å². The summed E-state index contributed by atoms with van der Waals surface area (Å²) in [7, 11) is 0. The van der Waals surface area contributed by atoms with Crippen LogP contribution in [0.1, 0.15) is 16.7 Å². The van der Waals surface area contributed by atoms with Crippen LogP contribution in [0.4, 0.5) is 0 Å². The second-order valence-corrected chi connectivity index (χ2v) is 7.40. The van der Waals surface area contributed by atoms with Gasteiger partial charge in [0.1, 0.15) is 5.58 Å². The van der Waals surface area contributed by atoms with Crippen molar-refractivity contribution in [3.8, 4) is 0 Å². The number of nitrogens with one attached hydrogen (secondary N) is 2. The second kappa shape index (κ2) is 5.93. The number of fused-ring (bicyclic) bond motifs is 1. The number of rotatable bonds is 2. The Balaban J connectivity index is 1.69. The first kappa shape index (κ1) is 16.3. The average Bonchev–Trinajstić information content (AvgIpc) is 3.36. The van der Waals surface area contributed by atoms with E-state index < -0.39 is 0 Å². The standard InChI is InChI=1S/C23H17N3O3/c27-22-18(16-6-1-3-13-7-10-29-21(13)16)19(23(28)25-22)17-12-26-9-8-24-11-14-4-2-5-15(17)20(14)26/h1-7,10,12,24H,8-9,11H2,(H,25,27,28). The van der Waals surface area contributed by atoms with Crippen molar-refractivity contribution in [2.45, 2.75) is 13.1 Å². The molecular weight excluding hydrogens is 366 g/mol. The Bertz CT molecular complexity index is 1370. The maximum Gasteiger partial charge on any atom is 0.259 e. The van der Waals surface area contributed by atoms with Crippen LogP contribution in [0.25, 0.3) is 33.0 Å². The molecule has 2 aliphatic rings. The van der Waals surface area contributed by atoms with E-state index in [-0.39, 0.29) is 11.8 Å². The van der Waals surface area contributed by atoms with E-state index in [4.69, 9.17) is 4.42 Å². The van der Waals surface area contributed by atoms with Gasteiger partial charge in [0, 0.05) is 47.7 Å². The van der Waals surface area contributed by atoms with E-state index >= 15 is 0 Å². The zero-order valence-electron chi connectivity index (χ0n) is 15.5. The Labute approximate surface area is 165 Å². The van der Waals surface area contributed by atoms with Crippen LogP contribution in [0, 0.1) is 0 Å². The number of benzene rings is 2. The highest BCUT2D eigenvalue weighted by molar-refractivity contribution is 6.50. The Morgan fingerprint density at radius 1 is 0.931 bits per heavy atom. The second-order valence-electron chi connectivity index (χ2n) is 7.40. The fraction of sp³-hybridized carbons (Fsp3) is 0.130. The zero-order valence-corrected chi connectivity index (χ0v) is 15.5. The molecule has 0 aliphatic carbocycles. The number of aromatic nitrogens is 1. The molecule has 0 radical (unpaired) electrons. The highest BCUT2D eigenvalue weighted by Gasteiger charge is 2.35. The third-order valence-corrected chi connectivity index (χ3v) is 5.78. The molecule has 2 aromatic carbocycles. The van der Waals surface area contributed by atoms with E-state index in [0.29, 0.717) is 22.3 Å². The molecule has 29 heavy (non-hydrogen) atoms. The van der Waals surface area contributed by atoms with Gasteiger partial charge in [-0.1, -0.05) is 36.4 Å². The van der Waals surface area contributed by atoms with E-state index in [9.17, 15) is 9.59 Å². The third kappa shape index (κ3) is 2.26. The summed E-state index contributed by atoms with van der Waals surface area (Å²) in [4.78, 5) is 25.7. The van der Waals surface area contributed by atoms with E-state index in [1.165, 1.54) is 5.56 Å². The number of hydrogen-bond acceptors (Lipinski definition) is 4. The molecule has 2 amide bonds. The van der Waals surface area contributed by atoms with Gasteiger partial charge in [0.05, 0.1) is 22.9 Å². The van der Waals surface area contributed by atoms with Crippen molar-refractivity contribution in [2.24, 2.45) is 0 Å². The largest absolute Gasteiger partial charge is 0.464 e. The number of para-hydroxylation sites is 2.